The van der Waals surface area contributed by atoms with Gasteiger partial charge in [-0.2, -0.15) is 0 Å². The molecule has 28 heavy (non-hydrogen) atoms. The Morgan fingerprint density at radius 3 is 2.61 bits per heavy atom. The number of nitro benzene ring substituents is 1. The molecule has 142 valence electrons. The van der Waals surface area contributed by atoms with Gasteiger partial charge in [0.2, 0.25) is 0 Å². The van der Waals surface area contributed by atoms with Crippen molar-refractivity contribution in [2.75, 3.05) is 18.0 Å². The van der Waals surface area contributed by atoms with E-state index in [1.165, 1.54) is 23.9 Å². The van der Waals surface area contributed by atoms with Crippen molar-refractivity contribution in [2.24, 2.45) is 4.99 Å². The lowest BCUT2D eigenvalue weighted by molar-refractivity contribution is -0.384. The third-order valence-corrected chi connectivity index (χ3v) is 5.50. The standard InChI is InChI=1S/C20H18N4O3S/c25-19-18(28-20(22-19)21-15-6-2-1-3-7-15)13-14-12-16(24(26)27)8-9-17(14)23-10-4-5-11-23/h1-3,6-9,12-13H,4-5,10-11H2,(H,21,22,25)/b18-13-. The molecule has 7 nitrogen and oxygen atoms in total. The van der Waals surface area contributed by atoms with Gasteiger partial charge in [0, 0.05) is 36.5 Å². The summed E-state index contributed by atoms with van der Waals surface area (Å²) in [5.74, 6) is -0.251. The fourth-order valence-electron chi connectivity index (χ4n) is 3.26. The molecule has 0 bridgehead atoms. The molecule has 0 saturated carbocycles. The van der Waals surface area contributed by atoms with Gasteiger partial charge >= 0.3 is 0 Å². The largest absolute Gasteiger partial charge is 0.371 e. The number of nitrogens with zero attached hydrogens (tertiary/aromatic N) is 3. The number of carbonyl (C=O) groups excluding carboxylic acids is 1. The molecule has 1 N–H and O–H groups in total. The molecular formula is C20H18N4O3S. The normalized spacial score (nSPS) is 19.4. The number of hydrogen-bond donors (Lipinski definition) is 1. The maximum Gasteiger partial charge on any atom is 0.270 e. The van der Waals surface area contributed by atoms with E-state index in [0.29, 0.717) is 15.6 Å². The minimum absolute atomic E-state index is 0.0105. The molecule has 0 aromatic heterocycles. The summed E-state index contributed by atoms with van der Waals surface area (Å²) in [6.45, 7) is 1.82. The third-order valence-electron chi connectivity index (χ3n) is 4.59. The molecule has 0 atom stereocenters. The SMILES string of the molecule is O=C1NC(=Nc2ccccc2)S/C1=C\c1cc([N+](=O)[O-])ccc1N1CCCC1. The van der Waals surface area contributed by atoms with Gasteiger partial charge in [0.05, 0.1) is 15.5 Å². The molecule has 0 unspecified atom stereocenters. The van der Waals surface area contributed by atoms with E-state index in [2.05, 4.69) is 15.2 Å². The summed E-state index contributed by atoms with van der Waals surface area (Å²) in [5.41, 5.74) is 2.35. The summed E-state index contributed by atoms with van der Waals surface area (Å²) >= 11 is 1.24. The van der Waals surface area contributed by atoms with Gasteiger partial charge in [0.15, 0.2) is 5.17 Å². The van der Waals surface area contributed by atoms with E-state index >= 15 is 0 Å². The zero-order valence-electron chi connectivity index (χ0n) is 15.0. The fraction of sp³-hybridized carbons (Fsp3) is 0.200. The molecule has 2 fully saturated rings. The number of para-hydroxylation sites is 1. The fourth-order valence-corrected chi connectivity index (χ4v) is 4.09. The van der Waals surface area contributed by atoms with Crippen LogP contribution in [0.4, 0.5) is 17.1 Å². The van der Waals surface area contributed by atoms with Crippen molar-refractivity contribution < 1.29 is 9.72 Å². The van der Waals surface area contributed by atoms with Crippen LogP contribution in [0.3, 0.4) is 0 Å². The van der Waals surface area contributed by atoms with E-state index in [0.717, 1.165) is 37.3 Å². The van der Waals surface area contributed by atoms with Crippen molar-refractivity contribution >= 4 is 46.0 Å². The number of nitrogens with one attached hydrogen (secondary N) is 1. The number of anilines is 1. The number of non-ortho nitro benzene ring substituents is 1. The molecule has 0 aliphatic carbocycles. The molecule has 2 aliphatic heterocycles. The predicted molar refractivity (Wildman–Crippen MR) is 112 cm³/mol. The smallest absolute Gasteiger partial charge is 0.270 e. The van der Waals surface area contributed by atoms with Gasteiger partial charge in [0.25, 0.3) is 11.6 Å². The van der Waals surface area contributed by atoms with Gasteiger partial charge in [-0.05, 0) is 48.9 Å². The molecule has 4 rings (SSSR count). The van der Waals surface area contributed by atoms with E-state index in [1.54, 1.807) is 12.1 Å². The number of thioether (sulfide) groups is 1. The van der Waals surface area contributed by atoms with Crippen LogP contribution in [0, 0.1) is 10.1 Å². The molecule has 1 amide bonds. The lowest BCUT2D eigenvalue weighted by Gasteiger charge is -2.20. The molecule has 0 spiro atoms. The molecule has 2 aromatic rings. The highest BCUT2D eigenvalue weighted by molar-refractivity contribution is 8.18. The van der Waals surface area contributed by atoms with Crippen LogP contribution in [0.25, 0.3) is 6.08 Å². The van der Waals surface area contributed by atoms with Crippen LogP contribution >= 0.6 is 11.8 Å². The topological polar surface area (TPSA) is 87.8 Å². The second kappa shape index (κ2) is 7.85. The first-order valence-electron chi connectivity index (χ1n) is 8.98. The first kappa shape index (κ1) is 18.2. The Morgan fingerprint density at radius 2 is 1.89 bits per heavy atom. The predicted octanol–water partition coefficient (Wildman–Crippen LogP) is 4.09. The van der Waals surface area contributed by atoms with Gasteiger partial charge in [-0.1, -0.05) is 18.2 Å². The van der Waals surface area contributed by atoms with Gasteiger partial charge in [0.1, 0.15) is 0 Å². The second-order valence-corrected chi connectivity index (χ2v) is 7.54. The van der Waals surface area contributed by atoms with Crippen LogP contribution < -0.4 is 10.2 Å². The Morgan fingerprint density at radius 1 is 1.14 bits per heavy atom. The molecule has 2 heterocycles. The van der Waals surface area contributed by atoms with Crippen molar-refractivity contribution in [3.8, 4) is 0 Å². The van der Waals surface area contributed by atoms with Gasteiger partial charge in [-0.15, -0.1) is 0 Å². The number of benzene rings is 2. The number of amides is 1. The van der Waals surface area contributed by atoms with Crippen LogP contribution in [-0.4, -0.2) is 29.1 Å². The highest BCUT2D eigenvalue weighted by Gasteiger charge is 2.25. The molecule has 2 aliphatic rings. The van der Waals surface area contributed by atoms with Gasteiger partial charge in [-0.3, -0.25) is 14.9 Å². The molecule has 8 heteroatoms. The first-order chi connectivity index (χ1) is 13.6. The van der Waals surface area contributed by atoms with E-state index in [-0.39, 0.29) is 11.6 Å². The monoisotopic (exact) mass is 394 g/mol. The maximum absolute atomic E-state index is 12.4. The summed E-state index contributed by atoms with van der Waals surface area (Å²) in [5, 5.41) is 14.5. The Labute approximate surface area is 166 Å². The Balaban J connectivity index is 1.67. The quantitative estimate of drug-likeness (QED) is 0.479. The Bertz CT molecular complexity index is 982. The van der Waals surface area contributed by atoms with Crippen molar-refractivity contribution in [1.82, 2.24) is 5.32 Å². The minimum Gasteiger partial charge on any atom is -0.371 e. The number of carbonyl (C=O) groups is 1. The van der Waals surface area contributed by atoms with E-state index in [1.807, 2.05) is 30.3 Å². The van der Waals surface area contributed by atoms with Crippen LogP contribution in [0.5, 0.6) is 0 Å². The first-order valence-corrected chi connectivity index (χ1v) is 9.80. The zero-order valence-corrected chi connectivity index (χ0v) is 15.8. The summed E-state index contributed by atoms with van der Waals surface area (Å²) in [6.07, 6.45) is 3.90. The Kier molecular flexibility index (Phi) is 5.12. The molecule has 2 saturated heterocycles. The van der Waals surface area contributed by atoms with Crippen molar-refractivity contribution in [1.29, 1.82) is 0 Å². The average molecular weight is 394 g/mol. The highest BCUT2D eigenvalue weighted by atomic mass is 32.2. The second-order valence-electron chi connectivity index (χ2n) is 6.51. The summed E-state index contributed by atoms with van der Waals surface area (Å²) in [7, 11) is 0. The van der Waals surface area contributed by atoms with Crippen molar-refractivity contribution in [3.63, 3.8) is 0 Å². The highest BCUT2D eigenvalue weighted by Crippen LogP contribution is 2.34. The Hall–Kier alpha value is -3.13. The summed E-state index contributed by atoms with van der Waals surface area (Å²) in [6, 6.07) is 14.2. The van der Waals surface area contributed by atoms with Crippen molar-refractivity contribution in [2.45, 2.75) is 12.8 Å². The number of nitro groups is 1. The van der Waals surface area contributed by atoms with Crippen molar-refractivity contribution in [3.05, 3.63) is 69.1 Å². The third kappa shape index (κ3) is 3.91. The van der Waals surface area contributed by atoms with E-state index in [4.69, 9.17) is 0 Å². The average Bonchev–Trinajstić information content (AvgIpc) is 3.33. The lowest BCUT2D eigenvalue weighted by Crippen LogP contribution is -2.20. The molecule has 0 radical (unpaired) electrons. The number of aliphatic imine (C=N–C) groups is 1. The lowest BCUT2D eigenvalue weighted by atomic mass is 10.1. The summed E-state index contributed by atoms with van der Waals surface area (Å²) in [4.78, 5) is 30.3. The van der Waals surface area contributed by atoms with E-state index in [9.17, 15) is 14.9 Å². The molecular weight excluding hydrogens is 376 g/mol. The van der Waals surface area contributed by atoms with Crippen LogP contribution in [0.1, 0.15) is 18.4 Å². The summed E-state index contributed by atoms with van der Waals surface area (Å²) < 4.78 is 0. The van der Waals surface area contributed by atoms with Gasteiger partial charge in [-0.25, -0.2) is 4.99 Å². The number of hydrogen-bond acceptors (Lipinski definition) is 6. The van der Waals surface area contributed by atoms with Gasteiger partial charge < -0.3 is 10.2 Å². The number of rotatable bonds is 4. The van der Waals surface area contributed by atoms with Crippen LogP contribution in [0.2, 0.25) is 0 Å². The zero-order chi connectivity index (χ0) is 19.5. The number of amidine groups is 1. The van der Waals surface area contributed by atoms with Crippen LogP contribution in [0.15, 0.2) is 58.4 Å². The van der Waals surface area contributed by atoms with Crippen LogP contribution in [-0.2, 0) is 4.79 Å². The molecule has 2 aromatic carbocycles. The maximum atomic E-state index is 12.4. The minimum atomic E-state index is -0.417. The van der Waals surface area contributed by atoms with E-state index < -0.39 is 4.92 Å².